The fourth-order valence-corrected chi connectivity index (χ4v) is 1.24. The highest BCUT2D eigenvalue weighted by molar-refractivity contribution is 5.93. The van der Waals surface area contributed by atoms with E-state index in [1.807, 2.05) is 12.1 Å². The van der Waals surface area contributed by atoms with E-state index in [9.17, 15) is 9.59 Å². The zero-order valence-corrected chi connectivity index (χ0v) is 9.77. The van der Waals surface area contributed by atoms with Crippen LogP contribution < -0.4 is 5.48 Å². The maximum Gasteiger partial charge on any atom is 0.332 e. The summed E-state index contributed by atoms with van der Waals surface area (Å²) < 4.78 is 0. The number of hydroxylamine groups is 1. The third-order valence-corrected chi connectivity index (χ3v) is 2.20. The summed E-state index contributed by atoms with van der Waals surface area (Å²) in [5.74, 6) is -1.20. The van der Waals surface area contributed by atoms with Gasteiger partial charge in [-0.15, -0.1) is 0 Å². The van der Waals surface area contributed by atoms with Gasteiger partial charge in [-0.3, -0.25) is 9.63 Å². The number of rotatable bonds is 5. The van der Waals surface area contributed by atoms with E-state index in [4.69, 9.17) is 5.11 Å². The van der Waals surface area contributed by atoms with Crippen molar-refractivity contribution in [3.8, 4) is 0 Å². The number of nitrogens with one attached hydrogen (secondary N) is 1. The van der Waals surface area contributed by atoms with Gasteiger partial charge in [0.2, 0.25) is 0 Å². The smallest absolute Gasteiger partial charge is 0.332 e. The molecule has 5 nitrogen and oxygen atoms in total. The first-order valence-corrected chi connectivity index (χ1v) is 5.24. The van der Waals surface area contributed by atoms with Gasteiger partial charge in [-0.05, 0) is 23.6 Å². The first-order chi connectivity index (χ1) is 8.00. The fraction of sp³-hybridized carbons (Fsp3) is 0.333. The van der Waals surface area contributed by atoms with Crippen molar-refractivity contribution < 1.29 is 19.5 Å². The van der Waals surface area contributed by atoms with Crippen molar-refractivity contribution in [1.29, 1.82) is 0 Å². The molecular formula is C12H15NO4. The fourth-order valence-electron chi connectivity index (χ4n) is 1.24. The summed E-state index contributed by atoms with van der Waals surface area (Å²) in [7, 11) is 0. The van der Waals surface area contributed by atoms with E-state index in [0.717, 1.165) is 5.56 Å². The highest BCUT2D eigenvalue weighted by Gasteiger charge is 2.07. The third-order valence-electron chi connectivity index (χ3n) is 2.20. The minimum absolute atomic E-state index is 0.398. The molecule has 0 saturated carbocycles. The van der Waals surface area contributed by atoms with Gasteiger partial charge in [0.25, 0.3) is 5.91 Å². The molecule has 17 heavy (non-hydrogen) atoms. The van der Waals surface area contributed by atoms with Crippen LogP contribution >= 0.6 is 0 Å². The summed E-state index contributed by atoms with van der Waals surface area (Å²) in [5, 5.41) is 8.32. The van der Waals surface area contributed by atoms with Crippen molar-refractivity contribution in [2.45, 2.75) is 19.8 Å². The standard InChI is InChI=1S/C12H15NO4/c1-8(2)9-3-5-10(6-4-9)12(16)13-17-7-11(14)15/h3-6,8H,7H2,1-2H3,(H,13,16)(H,14,15). The number of hydrogen-bond acceptors (Lipinski definition) is 3. The minimum Gasteiger partial charge on any atom is -0.479 e. The average molecular weight is 237 g/mol. The molecule has 0 aliphatic carbocycles. The van der Waals surface area contributed by atoms with Gasteiger partial charge in [0.05, 0.1) is 0 Å². The molecule has 0 bridgehead atoms. The van der Waals surface area contributed by atoms with Crippen molar-refractivity contribution >= 4 is 11.9 Å². The molecule has 0 aliphatic heterocycles. The van der Waals surface area contributed by atoms with Crippen LogP contribution in [0.2, 0.25) is 0 Å². The predicted octanol–water partition coefficient (Wildman–Crippen LogP) is 1.56. The summed E-state index contributed by atoms with van der Waals surface area (Å²) in [5.41, 5.74) is 3.62. The Labute approximate surface area is 99.4 Å². The van der Waals surface area contributed by atoms with Gasteiger partial charge < -0.3 is 5.11 Å². The van der Waals surface area contributed by atoms with Crippen LogP contribution in [0.15, 0.2) is 24.3 Å². The molecule has 5 heteroatoms. The van der Waals surface area contributed by atoms with Crippen LogP contribution in [0.25, 0.3) is 0 Å². The minimum atomic E-state index is -1.14. The molecule has 0 saturated heterocycles. The van der Waals surface area contributed by atoms with Crippen LogP contribution in [-0.2, 0) is 9.63 Å². The number of amides is 1. The number of carbonyl (C=O) groups is 2. The highest BCUT2D eigenvalue weighted by atomic mass is 16.7. The molecule has 0 atom stereocenters. The summed E-state index contributed by atoms with van der Waals surface area (Å²) in [6.45, 7) is 3.56. The van der Waals surface area contributed by atoms with E-state index in [-0.39, 0.29) is 0 Å². The van der Waals surface area contributed by atoms with Crippen LogP contribution in [0.4, 0.5) is 0 Å². The molecular weight excluding hydrogens is 222 g/mol. The van der Waals surface area contributed by atoms with Gasteiger partial charge >= 0.3 is 5.97 Å². The summed E-state index contributed by atoms with van der Waals surface area (Å²) >= 11 is 0. The number of hydrogen-bond donors (Lipinski definition) is 2. The van der Waals surface area contributed by atoms with Crippen LogP contribution in [-0.4, -0.2) is 23.6 Å². The Balaban J connectivity index is 2.54. The molecule has 0 spiro atoms. The number of benzene rings is 1. The van der Waals surface area contributed by atoms with Crippen molar-refractivity contribution in [1.82, 2.24) is 5.48 Å². The lowest BCUT2D eigenvalue weighted by Gasteiger charge is -2.07. The van der Waals surface area contributed by atoms with Crippen LogP contribution in [0.3, 0.4) is 0 Å². The molecule has 0 unspecified atom stereocenters. The van der Waals surface area contributed by atoms with E-state index in [1.54, 1.807) is 12.1 Å². The summed E-state index contributed by atoms with van der Waals surface area (Å²) in [6.07, 6.45) is 0. The lowest BCUT2D eigenvalue weighted by molar-refractivity contribution is -0.144. The normalized spacial score (nSPS) is 10.3. The molecule has 1 amide bonds. The second-order valence-electron chi connectivity index (χ2n) is 3.89. The molecule has 0 heterocycles. The van der Waals surface area contributed by atoms with Crippen LogP contribution in [0, 0.1) is 0 Å². The second kappa shape index (κ2) is 6.00. The number of carboxylic acid groups (broad SMARTS) is 1. The van der Waals surface area contributed by atoms with Crippen LogP contribution in [0.1, 0.15) is 35.7 Å². The maximum atomic E-state index is 11.5. The quantitative estimate of drug-likeness (QED) is 0.762. The Hall–Kier alpha value is -1.88. The van der Waals surface area contributed by atoms with Crippen molar-refractivity contribution in [2.75, 3.05) is 6.61 Å². The van der Waals surface area contributed by atoms with Crippen LogP contribution in [0.5, 0.6) is 0 Å². The van der Waals surface area contributed by atoms with E-state index < -0.39 is 18.5 Å². The molecule has 92 valence electrons. The number of carboxylic acids is 1. The highest BCUT2D eigenvalue weighted by Crippen LogP contribution is 2.14. The summed E-state index contributed by atoms with van der Waals surface area (Å²) in [4.78, 5) is 26.1. The topological polar surface area (TPSA) is 75.6 Å². The zero-order valence-electron chi connectivity index (χ0n) is 9.77. The van der Waals surface area contributed by atoms with E-state index in [2.05, 4.69) is 24.2 Å². The Bertz CT molecular complexity index is 397. The molecule has 0 fully saturated rings. The molecule has 0 aliphatic rings. The Kier molecular flexibility index (Phi) is 4.66. The molecule has 1 aromatic rings. The van der Waals surface area contributed by atoms with Gasteiger partial charge in [-0.2, -0.15) is 0 Å². The summed E-state index contributed by atoms with van der Waals surface area (Å²) in [6, 6.07) is 7.07. The Morgan fingerprint density at radius 1 is 1.29 bits per heavy atom. The first-order valence-electron chi connectivity index (χ1n) is 5.24. The molecule has 1 rings (SSSR count). The van der Waals surface area contributed by atoms with E-state index >= 15 is 0 Å². The van der Waals surface area contributed by atoms with E-state index in [1.165, 1.54) is 0 Å². The second-order valence-corrected chi connectivity index (χ2v) is 3.89. The van der Waals surface area contributed by atoms with Gasteiger partial charge in [0.1, 0.15) is 0 Å². The average Bonchev–Trinajstić information content (AvgIpc) is 2.28. The van der Waals surface area contributed by atoms with Crippen molar-refractivity contribution in [3.05, 3.63) is 35.4 Å². The molecule has 0 radical (unpaired) electrons. The largest absolute Gasteiger partial charge is 0.479 e. The van der Waals surface area contributed by atoms with E-state index in [0.29, 0.717) is 11.5 Å². The first kappa shape index (κ1) is 13.2. The molecule has 0 aromatic heterocycles. The van der Waals surface area contributed by atoms with Gasteiger partial charge in [0.15, 0.2) is 6.61 Å². The van der Waals surface area contributed by atoms with Gasteiger partial charge in [-0.1, -0.05) is 26.0 Å². The number of carbonyl (C=O) groups excluding carboxylic acids is 1. The zero-order chi connectivity index (χ0) is 12.8. The number of aliphatic carboxylic acids is 1. The Morgan fingerprint density at radius 2 is 1.88 bits per heavy atom. The predicted molar refractivity (Wildman–Crippen MR) is 61.6 cm³/mol. The Morgan fingerprint density at radius 3 is 2.35 bits per heavy atom. The lowest BCUT2D eigenvalue weighted by atomic mass is 10.0. The van der Waals surface area contributed by atoms with Crippen molar-refractivity contribution in [2.24, 2.45) is 0 Å². The molecule has 2 N–H and O–H groups in total. The molecule has 1 aromatic carbocycles. The van der Waals surface area contributed by atoms with Gasteiger partial charge in [-0.25, -0.2) is 10.3 Å². The van der Waals surface area contributed by atoms with Crippen molar-refractivity contribution in [3.63, 3.8) is 0 Å². The lowest BCUT2D eigenvalue weighted by Crippen LogP contribution is -2.26. The third kappa shape index (κ3) is 4.24. The maximum absolute atomic E-state index is 11.5. The SMILES string of the molecule is CC(C)c1ccc(C(=O)NOCC(=O)O)cc1. The monoisotopic (exact) mass is 237 g/mol. The van der Waals surface area contributed by atoms with Gasteiger partial charge in [0, 0.05) is 5.56 Å².